The molecular formula is C17H21ClN4O. The van der Waals surface area contributed by atoms with E-state index in [1.807, 2.05) is 23.1 Å². The Labute approximate surface area is 141 Å². The number of carbonyl (C=O) groups is 1. The fourth-order valence-electron chi connectivity index (χ4n) is 3.96. The van der Waals surface area contributed by atoms with Gasteiger partial charge in [0.1, 0.15) is 0 Å². The van der Waals surface area contributed by atoms with Gasteiger partial charge in [-0.3, -0.25) is 14.8 Å². The number of hydrogen-bond acceptors (Lipinski definition) is 4. The van der Waals surface area contributed by atoms with Crippen LogP contribution >= 0.6 is 12.4 Å². The summed E-state index contributed by atoms with van der Waals surface area (Å²) in [5, 5.41) is 0. The first-order valence-electron chi connectivity index (χ1n) is 7.98. The van der Waals surface area contributed by atoms with Crippen molar-refractivity contribution in [2.75, 3.05) is 13.1 Å². The van der Waals surface area contributed by atoms with Crippen molar-refractivity contribution in [3.8, 4) is 0 Å². The molecule has 2 aliphatic rings. The van der Waals surface area contributed by atoms with Gasteiger partial charge in [0.25, 0.3) is 5.91 Å². The van der Waals surface area contributed by atoms with Crippen LogP contribution in [0.2, 0.25) is 0 Å². The van der Waals surface area contributed by atoms with Crippen LogP contribution in [-0.2, 0) is 0 Å². The number of amides is 1. The average molecular weight is 333 g/mol. The summed E-state index contributed by atoms with van der Waals surface area (Å²) in [6.45, 7) is 1.64. The molecule has 2 heterocycles. The lowest BCUT2D eigenvalue weighted by Crippen LogP contribution is -2.38. The molecule has 5 nitrogen and oxygen atoms in total. The molecule has 4 rings (SSSR count). The predicted molar refractivity (Wildman–Crippen MR) is 91.5 cm³/mol. The Morgan fingerprint density at radius 2 is 1.91 bits per heavy atom. The molecule has 1 amide bonds. The molecule has 3 atom stereocenters. The first-order valence-corrected chi connectivity index (χ1v) is 7.98. The van der Waals surface area contributed by atoms with Gasteiger partial charge in [0.2, 0.25) is 0 Å². The molecule has 1 aromatic carbocycles. The molecule has 0 bridgehead atoms. The smallest absolute Gasteiger partial charge is 0.253 e. The van der Waals surface area contributed by atoms with E-state index in [9.17, 15) is 4.79 Å². The van der Waals surface area contributed by atoms with Gasteiger partial charge in [0.05, 0.1) is 11.0 Å². The summed E-state index contributed by atoms with van der Waals surface area (Å²) in [4.78, 5) is 23.3. The summed E-state index contributed by atoms with van der Waals surface area (Å²) in [7, 11) is 0. The molecule has 23 heavy (non-hydrogen) atoms. The number of likely N-dealkylation sites (tertiary alicyclic amines) is 1. The van der Waals surface area contributed by atoms with E-state index in [0.29, 0.717) is 17.4 Å². The summed E-state index contributed by atoms with van der Waals surface area (Å²) in [6.07, 6.45) is 6.80. The highest BCUT2D eigenvalue weighted by Gasteiger charge is 2.40. The fraction of sp³-hybridized carbons (Fsp3) is 0.471. The summed E-state index contributed by atoms with van der Waals surface area (Å²) in [6, 6.07) is 5.80. The highest BCUT2D eigenvalue weighted by molar-refractivity contribution is 5.97. The van der Waals surface area contributed by atoms with Gasteiger partial charge < -0.3 is 10.6 Å². The zero-order valence-corrected chi connectivity index (χ0v) is 13.7. The van der Waals surface area contributed by atoms with Gasteiger partial charge in [-0.15, -0.1) is 12.4 Å². The van der Waals surface area contributed by atoms with Crippen LogP contribution in [-0.4, -0.2) is 39.9 Å². The standard InChI is InChI=1S/C17H20N4O.ClH/c18-14-3-1-2-12-9-21(10-13(12)14)17(22)11-4-5-15-16(8-11)20-7-6-19-15;/h4-8,12-14H,1-3,9-10,18H2;1H. The number of fused-ring (bicyclic) bond motifs is 2. The van der Waals surface area contributed by atoms with Gasteiger partial charge in [-0.05, 0) is 42.9 Å². The molecule has 1 aromatic heterocycles. The first kappa shape index (κ1) is 16.1. The number of halogens is 1. The van der Waals surface area contributed by atoms with Gasteiger partial charge in [0, 0.05) is 37.1 Å². The van der Waals surface area contributed by atoms with Crippen LogP contribution in [0, 0.1) is 11.8 Å². The van der Waals surface area contributed by atoms with E-state index in [1.54, 1.807) is 12.4 Å². The summed E-state index contributed by atoms with van der Waals surface area (Å²) in [5.74, 6) is 1.14. The summed E-state index contributed by atoms with van der Waals surface area (Å²) < 4.78 is 0. The van der Waals surface area contributed by atoms with Crippen molar-refractivity contribution in [1.29, 1.82) is 0 Å². The highest BCUT2D eigenvalue weighted by Crippen LogP contribution is 2.36. The third-order valence-electron chi connectivity index (χ3n) is 5.16. The van der Waals surface area contributed by atoms with Crippen molar-refractivity contribution in [2.24, 2.45) is 17.6 Å². The first-order chi connectivity index (χ1) is 10.7. The third kappa shape index (κ3) is 2.91. The summed E-state index contributed by atoms with van der Waals surface area (Å²) in [5.41, 5.74) is 8.52. The van der Waals surface area contributed by atoms with Crippen LogP contribution in [0.15, 0.2) is 30.6 Å². The SMILES string of the molecule is Cl.NC1CCCC2CN(C(=O)c3ccc4nccnc4c3)CC12. The molecule has 1 aliphatic heterocycles. The van der Waals surface area contributed by atoms with E-state index < -0.39 is 0 Å². The van der Waals surface area contributed by atoms with Gasteiger partial charge >= 0.3 is 0 Å². The molecule has 0 spiro atoms. The van der Waals surface area contributed by atoms with Gasteiger partial charge in [0.15, 0.2) is 0 Å². The van der Waals surface area contributed by atoms with Crippen LogP contribution in [0.1, 0.15) is 29.6 Å². The van der Waals surface area contributed by atoms with Gasteiger partial charge in [-0.2, -0.15) is 0 Å². The lowest BCUT2D eigenvalue weighted by Gasteiger charge is -2.29. The Morgan fingerprint density at radius 3 is 2.70 bits per heavy atom. The number of hydrogen-bond donors (Lipinski definition) is 1. The largest absolute Gasteiger partial charge is 0.338 e. The van der Waals surface area contributed by atoms with Crippen LogP contribution < -0.4 is 5.73 Å². The third-order valence-corrected chi connectivity index (χ3v) is 5.16. The van der Waals surface area contributed by atoms with E-state index >= 15 is 0 Å². The number of carbonyl (C=O) groups excluding carboxylic acids is 1. The van der Waals surface area contributed by atoms with E-state index in [1.165, 1.54) is 12.8 Å². The lowest BCUT2D eigenvalue weighted by atomic mass is 9.78. The molecule has 1 saturated carbocycles. The number of benzene rings is 1. The molecule has 6 heteroatoms. The molecule has 2 aromatic rings. The zero-order valence-electron chi connectivity index (χ0n) is 12.9. The molecule has 2 fully saturated rings. The van der Waals surface area contributed by atoms with Crippen LogP contribution in [0.5, 0.6) is 0 Å². The number of rotatable bonds is 1. The molecule has 3 unspecified atom stereocenters. The van der Waals surface area contributed by atoms with Crippen LogP contribution in [0.4, 0.5) is 0 Å². The summed E-state index contributed by atoms with van der Waals surface area (Å²) >= 11 is 0. The van der Waals surface area contributed by atoms with Gasteiger partial charge in [-0.1, -0.05) is 6.42 Å². The Morgan fingerprint density at radius 1 is 1.13 bits per heavy atom. The second-order valence-electron chi connectivity index (χ2n) is 6.49. The second kappa shape index (κ2) is 6.42. The van der Waals surface area contributed by atoms with Crippen molar-refractivity contribution < 1.29 is 4.79 Å². The minimum absolute atomic E-state index is 0. The molecule has 122 valence electrons. The fourth-order valence-corrected chi connectivity index (χ4v) is 3.96. The quantitative estimate of drug-likeness (QED) is 0.869. The number of nitrogens with zero attached hydrogens (tertiary/aromatic N) is 3. The van der Waals surface area contributed by atoms with Crippen LogP contribution in [0.3, 0.4) is 0 Å². The minimum Gasteiger partial charge on any atom is -0.338 e. The molecule has 0 radical (unpaired) electrons. The van der Waals surface area contributed by atoms with Crippen molar-refractivity contribution >= 4 is 29.3 Å². The maximum absolute atomic E-state index is 12.8. The Bertz CT molecular complexity index is 723. The molecule has 1 saturated heterocycles. The average Bonchev–Trinajstić information content (AvgIpc) is 2.99. The van der Waals surface area contributed by atoms with Crippen molar-refractivity contribution in [3.63, 3.8) is 0 Å². The zero-order chi connectivity index (χ0) is 15.1. The van der Waals surface area contributed by atoms with Crippen molar-refractivity contribution in [3.05, 3.63) is 36.2 Å². The van der Waals surface area contributed by atoms with Crippen molar-refractivity contribution in [1.82, 2.24) is 14.9 Å². The van der Waals surface area contributed by atoms with Crippen LogP contribution in [0.25, 0.3) is 11.0 Å². The Hall–Kier alpha value is -1.72. The number of aromatic nitrogens is 2. The van der Waals surface area contributed by atoms with E-state index in [4.69, 9.17) is 5.73 Å². The lowest BCUT2D eigenvalue weighted by molar-refractivity contribution is 0.0783. The Kier molecular flexibility index (Phi) is 4.50. The molecule has 2 N–H and O–H groups in total. The van der Waals surface area contributed by atoms with Gasteiger partial charge in [-0.25, -0.2) is 0 Å². The van der Waals surface area contributed by atoms with E-state index in [-0.39, 0.29) is 24.4 Å². The number of nitrogens with two attached hydrogens (primary N) is 1. The van der Waals surface area contributed by atoms with Crippen molar-refractivity contribution in [2.45, 2.75) is 25.3 Å². The minimum atomic E-state index is 0. The highest BCUT2D eigenvalue weighted by atomic mass is 35.5. The topological polar surface area (TPSA) is 72.1 Å². The Balaban J connectivity index is 0.00000156. The maximum Gasteiger partial charge on any atom is 0.253 e. The molecule has 1 aliphatic carbocycles. The predicted octanol–water partition coefficient (Wildman–Crippen LogP) is 2.25. The maximum atomic E-state index is 12.8. The monoisotopic (exact) mass is 332 g/mol. The normalized spacial score (nSPS) is 26.7. The van der Waals surface area contributed by atoms with E-state index in [2.05, 4.69) is 9.97 Å². The molecular weight excluding hydrogens is 312 g/mol. The van der Waals surface area contributed by atoms with E-state index in [0.717, 1.165) is 30.5 Å². The second-order valence-corrected chi connectivity index (χ2v) is 6.49.